The number of hydrogen-bond acceptors (Lipinski definition) is 5. The molecule has 3 aromatic rings. The number of methoxy groups -OCH3 is 1. The second-order valence-electron chi connectivity index (χ2n) is 6.18. The van der Waals surface area contributed by atoms with Gasteiger partial charge in [-0.05, 0) is 48.9 Å². The van der Waals surface area contributed by atoms with E-state index < -0.39 is 0 Å². The van der Waals surface area contributed by atoms with Crippen molar-refractivity contribution in [3.8, 4) is 5.75 Å². The van der Waals surface area contributed by atoms with Crippen LogP contribution in [-0.4, -0.2) is 42.4 Å². The van der Waals surface area contributed by atoms with Crippen LogP contribution in [0.5, 0.6) is 5.75 Å². The molecule has 1 aromatic heterocycles. The lowest BCUT2D eigenvalue weighted by Crippen LogP contribution is -2.06. The van der Waals surface area contributed by atoms with Crippen LogP contribution in [0.2, 0.25) is 5.02 Å². The molecule has 0 atom stereocenters. The molecule has 7 heteroatoms. The first kappa shape index (κ1) is 19.9. The maximum atomic E-state index is 13.3. The van der Waals surface area contributed by atoms with Crippen LogP contribution in [0, 0.1) is 6.92 Å². The van der Waals surface area contributed by atoms with Crippen molar-refractivity contribution < 1.29 is 19.5 Å². The van der Waals surface area contributed by atoms with Crippen LogP contribution >= 0.6 is 11.6 Å². The quantitative estimate of drug-likeness (QED) is 0.260. The van der Waals surface area contributed by atoms with Crippen molar-refractivity contribution in [2.24, 2.45) is 5.16 Å². The maximum Gasteiger partial charge on any atom is 0.197 e. The number of carbonyl (C=O) groups is 1. The number of nitrogens with zero attached hydrogens (tertiary/aromatic N) is 1. The Morgan fingerprint density at radius 1 is 1.25 bits per heavy atom. The van der Waals surface area contributed by atoms with E-state index in [0.29, 0.717) is 28.3 Å². The fourth-order valence-corrected chi connectivity index (χ4v) is 3.26. The zero-order valence-corrected chi connectivity index (χ0v) is 16.4. The number of hydrogen-bond donors (Lipinski definition) is 2. The number of carbonyl (C=O) groups excluding carboxylic acids is 1. The van der Waals surface area contributed by atoms with Crippen LogP contribution in [0.3, 0.4) is 0 Å². The highest BCUT2D eigenvalue weighted by Crippen LogP contribution is 2.34. The minimum absolute atomic E-state index is 0.0968. The summed E-state index contributed by atoms with van der Waals surface area (Å²) in [4.78, 5) is 21.6. The van der Waals surface area contributed by atoms with E-state index in [4.69, 9.17) is 26.3 Å². The fourth-order valence-electron chi connectivity index (χ4n) is 3.14. The molecule has 0 aliphatic heterocycles. The van der Waals surface area contributed by atoms with Crippen molar-refractivity contribution in [1.82, 2.24) is 4.98 Å². The van der Waals surface area contributed by atoms with Crippen LogP contribution in [0.25, 0.3) is 10.9 Å². The molecule has 2 aromatic carbocycles. The van der Waals surface area contributed by atoms with Gasteiger partial charge in [0.1, 0.15) is 12.4 Å². The van der Waals surface area contributed by atoms with Gasteiger partial charge in [0.25, 0.3) is 0 Å². The first-order chi connectivity index (χ1) is 13.6. The molecule has 0 saturated carbocycles. The lowest BCUT2D eigenvalue weighted by molar-refractivity contribution is 0.0994. The van der Waals surface area contributed by atoms with Crippen molar-refractivity contribution in [3.05, 3.63) is 63.8 Å². The van der Waals surface area contributed by atoms with Crippen LogP contribution in [-0.2, 0) is 11.3 Å². The molecule has 2 N–H and O–H groups in total. The standard InChI is InChI=1S/C21H21ClN2O4/c1-13-16(9-10-23-28-12-11-25)19-17(24-13)7-8-18(27-2)20(19)21(26)14-3-5-15(22)6-4-14/h3-8,10,24-25H,9,11-12H2,1-2H3. The molecule has 0 bridgehead atoms. The van der Waals surface area contributed by atoms with Gasteiger partial charge in [0, 0.05) is 39.8 Å². The average molecular weight is 401 g/mol. The molecule has 6 nitrogen and oxygen atoms in total. The lowest BCUT2D eigenvalue weighted by Gasteiger charge is -2.11. The van der Waals surface area contributed by atoms with Crippen LogP contribution < -0.4 is 4.74 Å². The van der Waals surface area contributed by atoms with E-state index in [2.05, 4.69) is 10.1 Å². The largest absolute Gasteiger partial charge is 0.496 e. The SMILES string of the molecule is COc1ccc2[nH]c(C)c(CC=NOCCO)c2c1C(=O)c1ccc(Cl)cc1. The summed E-state index contributed by atoms with van der Waals surface area (Å²) in [6.07, 6.45) is 2.08. The molecule has 3 rings (SSSR count). The Balaban J connectivity index is 2.10. The van der Waals surface area contributed by atoms with E-state index in [1.807, 2.05) is 13.0 Å². The third kappa shape index (κ3) is 4.03. The van der Waals surface area contributed by atoms with Gasteiger partial charge < -0.3 is 19.7 Å². The van der Waals surface area contributed by atoms with Gasteiger partial charge in [0.2, 0.25) is 0 Å². The highest BCUT2D eigenvalue weighted by Gasteiger charge is 2.22. The van der Waals surface area contributed by atoms with Gasteiger partial charge in [0.05, 0.1) is 19.3 Å². The number of nitrogens with one attached hydrogen (secondary N) is 1. The maximum absolute atomic E-state index is 13.3. The summed E-state index contributed by atoms with van der Waals surface area (Å²) >= 11 is 5.95. The number of fused-ring (bicyclic) bond motifs is 1. The highest BCUT2D eigenvalue weighted by atomic mass is 35.5. The van der Waals surface area contributed by atoms with E-state index in [-0.39, 0.29) is 19.0 Å². The van der Waals surface area contributed by atoms with E-state index in [1.165, 1.54) is 0 Å². The number of aliphatic hydroxyl groups excluding tert-OH is 1. The third-order valence-corrected chi connectivity index (χ3v) is 4.68. The number of oxime groups is 1. The zero-order valence-electron chi connectivity index (χ0n) is 15.7. The third-order valence-electron chi connectivity index (χ3n) is 4.42. The predicted molar refractivity (Wildman–Crippen MR) is 110 cm³/mol. The predicted octanol–water partition coefficient (Wildman–Crippen LogP) is 3.91. The number of aromatic nitrogens is 1. The topological polar surface area (TPSA) is 83.9 Å². The molecule has 0 saturated heterocycles. The Bertz CT molecular complexity index is 1010. The monoisotopic (exact) mass is 400 g/mol. The molecular weight excluding hydrogens is 380 g/mol. The minimum atomic E-state index is -0.146. The van der Waals surface area contributed by atoms with Crippen LogP contribution in [0.15, 0.2) is 41.6 Å². The summed E-state index contributed by atoms with van der Waals surface area (Å²) in [7, 11) is 1.54. The van der Waals surface area contributed by atoms with Gasteiger partial charge in [-0.1, -0.05) is 16.8 Å². The molecule has 0 fully saturated rings. The lowest BCUT2D eigenvalue weighted by atomic mass is 9.95. The summed E-state index contributed by atoms with van der Waals surface area (Å²) in [5, 5.41) is 14.0. The van der Waals surface area contributed by atoms with Gasteiger partial charge in [-0.2, -0.15) is 0 Å². The molecule has 0 aliphatic rings. The first-order valence-corrected chi connectivity index (χ1v) is 9.17. The summed E-state index contributed by atoms with van der Waals surface area (Å²) in [5.74, 6) is 0.356. The Labute approximate surface area is 167 Å². The number of aliphatic hydroxyl groups is 1. The molecule has 28 heavy (non-hydrogen) atoms. The van der Waals surface area contributed by atoms with Crippen molar-refractivity contribution in [3.63, 3.8) is 0 Å². The number of H-pyrrole nitrogens is 1. The Kier molecular flexibility index (Phi) is 6.34. The minimum Gasteiger partial charge on any atom is -0.496 e. The summed E-state index contributed by atoms with van der Waals surface area (Å²) in [5.41, 5.74) is 3.73. The summed E-state index contributed by atoms with van der Waals surface area (Å²) < 4.78 is 5.49. The summed E-state index contributed by atoms with van der Waals surface area (Å²) in [6.45, 7) is 1.98. The molecule has 0 unspecified atom stereocenters. The summed E-state index contributed by atoms with van der Waals surface area (Å²) in [6, 6.07) is 10.5. The average Bonchev–Trinajstić information content (AvgIpc) is 3.02. The molecule has 1 heterocycles. The Morgan fingerprint density at radius 3 is 2.68 bits per heavy atom. The number of halogens is 1. The van der Waals surface area contributed by atoms with E-state index in [1.54, 1.807) is 43.7 Å². The molecular formula is C21H21ClN2O4. The molecule has 0 spiro atoms. The molecule has 0 radical (unpaired) electrons. The molecule has 0 amide bonds. The Hall–Kier alpha value is -2.83. The normalized spacial score (nSPS) is 11.3. The first-order valence-electron chi connectivity index (χ1n) is 8.80. The molecule has 0 aliphatic carbocycles. The van der Waals surface area contributed by atoms with Gasteiger partial charge in [-0.25, -0.2) is 0 Å². The number of ether oxygens (including phenoxy) is 1. The van der Waals surface area contributed by atoms with E-state index >= 15 is 0 Å². The number of ketones is 1. The second-order valence-corrected chi connectivity index (χ2v) is 6.62. The smallest absolute Gasteiger partial charge is 0.197 e. The number of benzene rings is 2. The Morgan fingerprint density at radius 2 is 2.00 bits per heavy atom. The number of rotatable bonds is 8. The van der Waals surface area contributed by atoms with Crippen molar-refractivity contribution in [1.29, 1.82) is 0 Å². The highest BCUT2D eigenvalue weighted by molar-refractivity contribution is 6.30. The van der Waals surface area contributed by atoms with Gasteiger partial charge in [-0.15, -0.1) is 0 Å². The molecule has 146 valence electrons. The van der Waals surface area contributed by atoms with Crippen molar-refractivity contribution >= 4 is 34.5 Å². The number of aromatic amines is 1. The van der Waals surface area contributed by atoms with Gasteiger partial charge in [-0.3, -0.25) is 4.79 Å². The van der Waals surface area contributed by atoms with E-state index in [0.717, 1.165) is 22.2 Å². The van der Waals surface area contributed by atoms with Crippen molar-refractivity contribution in [2.75, 3.05) is 20.3 Å². The number of aryl methyl sites for hydroxylation is 1. The van der Waals surface area contributed by atoms with E-state index in [9.17, 15) is 4.79 Å². The fraction of sp³-hybridized carbons (Fsp3) is 0.238. The van der Waals surface area contributed by atoms with Crippen LogP contribution in [0.4, 0.5) is 0 Å². The van der Waals surface area contributed by atoms with Gasteiger partial charge >= 0.3 is 0 Å². The second kappa shape index (κ2) is 8.91. The van der Waals surface area contributed by atoms with Crippen LogP contribution in [0.1, 0.15) is 27.2 Å². The zero-order chi connectivity index (χ0) is 20.1. The van der Waals surface area contributed by atoms with Gasteiger partial charge in [0.15, 0.2) is 5.78 Å². The van der Waals surface area contributed by atoms with Crippen molar-refractivity contribution in [2.45, 2.75) is 13.3 Å².